The van der Waals surface area contributed by atoms with Crippen LogP contribution in [0.4, 0.5) is 13.2 Å². The van der Waals surface area contributed by atoms with E-state index < -0.39 is 18.7 Å². The van der Waals surface area contributed by atoms with Crippen LogP contribution >= 0.6 is 23.4 Å². The van der Waals surface area contributed by atoms with E-state index in [9.17, 15) is 18.3 Å². The molecule has 0 heterocycles. The Morgan fingerprint density at radius 3 is 2.65 bits per heavy atom. The van der Waals surface area contributed by atoms with Crippen LogP contribution < -0.4 is 0 Å². The van der Waals surface area contributed by atoms with Crippen molar-refractivity contribution in [2.75, 3.05) is 5.75 Å². The Morgan fingerprint density at radius 1 is 1.35 bits per heavy atom. The van der Waals surface area contributed by atoms with Gasteiger partial charge >= 0.3 is 6.18 Å². The molecule has 1 rings (SSSR count). The number of thioether (sulfide) groups is 1. The number of aliphatic hydroxyl groups excluding tert-OH is 1. The van der Waals surface area contributed by atoms with Gasteiger partial charge in [-0.25, -0.2) is 0 Å². The molecule has 0 spiro atoms. The number of hydrogen-bond acceptors (Lipinski definition) is 2. The Morgan fingerprint density at radius 2 is 2.06 bits per heavy atom. The number of rotatable bonds is 5. The Bertz CT molecular complexity index is 357. The van der Waals surface area contributed by atoms with E-state index >= 15 is 0 Å². The van der Waals surface area contributed by atoms with Crippen LogP contribution in [0.5, 0.6) is 0 Å². The third-order valence-electron chi connectivity index (χ3n) is 2.00. The van der Waals surface area contributed by atoms with Crippen molar-refractivity contribution < 1.29 is 18.3 Å². The number of alkyl halides is 3. The standard InChI is InChI=1S/C11H12ClF3OS/c12-8-2-1-3-10(6-8)17-7-9(16)4-5-11(13,14)15/h1-3,6,9,16H,4-5,7H2. The summed E-state index contributed by atoms with van der Waals surface area (Å²) < 4.78 is 35.7. The first-order valence-electron chi connectivity index (χ1n) is 5.00. The number of aliphatic hydroxyl groups is 1. The molecule has 6 heteroatoms. The highest BCUT2D eigenvalue weighted by Gasteiger charge is 2.27. The van der Waals surface area contributed by atoms with Gasteiger partial charge in [-0.05, 0) is 24.6 Å². The summed E-state index contributed by atoms with van der Waals surface area (Å²) in [6, 6.07) is 6.98. The molecule has 0 aliphatic rings. The predicted molar refractivity (Wildman–Crippen MR) is 63.5 cm³/mol. The highest BCUT2D eigenvalue weighted by Crippen LogP contribution is 2.26. The molecule has 0 aliphatic heterocycles. The summed E-state index contributed by atoms with van der Waals surface area (Å²) in [6.07, 6.45) is -6.39. The zero-order valence-electron chi connectivity index (χ0n) is 8.88. The molecule has 0 bridgehead atoms. The summed E-state index contributed by atoms with van der Waals surface area (Å²) in [7, 11) is 0. The minimum atomic E-state index is -4.21. The first-order valence-corrected chi connectivity index (χ1v) is 6.36. The molecule has 1 atom stereocenters. The minimum Gasteiger partial charge on any atom is -0.392 e. The van der Waals surface area contributed by atoms with Crippen LogP contribution in [0.1, 0.15) is 12.8 Å². The van der Waals surface area contributed by atoms with Crippen LogP contribution in [0.25, 0.3) is 0 Å². The molecule has 0 radical (unpaired) electrons. The fourth-order valence-electron chi connectivity index (χ4n) is 1.16. The Hall–Kier alpha value is -0.390. The first-order chi connectivity index (χ1) is 7.87. The summed E-state index contributed by atoms with van der Waals surface area (Å²) in [4.78, 5) is 0.837. The van der Waals surface area contributed by atoms with Crippen molar-refractivity contribution in [3.8, 4) is 0 Å². The molecule has 1 N–H and O–H groups in total. The van der Waals surface area contributed by atoms with Gasteiger partial charge in [-0.3, -0.25) is 0 Å². The second-order valence-electron chi connectivity index (χ2n) is 3.58. The average molecular weight is 285 g/mol. The molecule has 0 saturated heterocycles. The van der Waals surface area contributed by atoms with Gasteiger partial charge in [0.15, 0.2) is 0 Å². The highest BCUT2D eigenvalue weighted by atomic mass is 35.5. The van der Waals surface area contributed by atoms with Gasteiger partial charge in [0.1, 0.15) is 0 Å². The molecule has 1 aromatic carbocycles. The molecule has 0 saturated carbocycles. The number of halogens is 4. The second kappa shape index (κ2) is 6.52. The summed E-state index contributed by atoms with van der Waals surface area (Å²) in [5.74, 6) is 0.233. The van der Waals surface area contributed by atoms with Crippen molar-refractivity contribution in [3.63, 3.8) is 0 Å². The maximum Gasteiger partial charge on any atom is 0.389 e. The van der Waals surface area contributed by atoms with Gasteiger partial charge in [0.25, 0.3) is 0 Å². The zero-order valence-corrected chi connectivity index (χ0v) is 10.4. The molecule has 0 fully saturated rings. The molecule has 1 nitrogen and oxygen atoms in total. The van der Waals surface area contributed by atoms with Gasteiger partial charge in [0, 0.05) is 22.1 Å². The quantitative estimate of drug-likeness (QED) is 0.820. The lowest BCUT2D eigenvalue weighted by Crippen LogP contribution is -2.16. The van der Waals surface area contributed by atoms with Gasteiger partial charge < -0.3 is 5.11 Å². The van der Waals surface area contributed by atoms with E-state index in [0.29, 0.717) is 5.02 Å². The molecular weight excluding hydrogens is 273 g/mol. The van der Waals surface area contributed by atoms with E-state index in [1.54, 1.807) is 24.3 Å². The van der Waals surface area contributed by atoms with Crippen LogP contribution in [0.15, 0.2) is 29.2 Å². The molecule has 0 aliphatic carbocycles. The van der Waals surface area contributed by atoms with Crippen LogP contribution in [0.3, 0.4) is 0 Å². The van der Waals surface area contributed by atoms with Gasteiger partial charge in [0.2, 0.25) is 0 Å². The molecule has 96 valence electrons. The topological polar surface area (TPSA) is 20.2 Å². The molecule has 17 heavy (non-hydrogen) atoms. The maximum atomic E-state index is 11.9. The fraction of sp³-hybridized carbons (Fsp3) is 0.455. The van der Waals surface area contributed by atoms with Crippen molar-refractivity contribution in [2.45, 2.75) is 30.0 Å². The van der Waals surface area contributed by atoms with Crippen LogP contribution in [-0.2, 0) is 0 Å². The average Bonchev–Trinajstić information content (AvgIpc) is 2.23. The third kappa shape index (κ3) is 6.81. The normalized spacial score (nSPS) is 13.7. The van der Waals surface area contributed by atoms with E-state index in [1.165, 1.54) is 11.8 Å². The first kappa shape index (κ1) is 14.7. The fourth-order valence-corrected chi connectivity index (χ4v) is 2.35. The Kier molecular flexibility index (Phi) is 5.62. The van der Waals surface area contributed by atoms with E-state index in [-0.39, 0.29) is 12.2 Å². The van der Waals surface area contributed by atoms with Crippen molar-refractivity contribution in [1.29, 1.82) is 0 Å². The molecule has 1 unspecified atom stereocenters. The van der Waals surface area contributed by atoms with Crippen LogP contribution in [0.2, 0.25) is 5.02 Å². The van der Waals surface area contributed by atoms with Gasteiger partial charge in [0.05, 0.1) is 6.10 Å². The highest BCUT2D eigenvalue weighted by molar-refractivity contribution is 7.99. The molecular formula is C11H12ClF3OS. The second-order valence-corrected chi connectivity index (χ2v) is 5.11. The van der Waals surface area contributed by atoms with E-state index in [4.69, 9.17) is 11.6 Å². The number of hydrogen-bond donors (Lipinski definition) is 1. The van der Waals surface area contributed by atoms with E-state index in [2.05, 4.69) is 0 Å². The summed E-state index contributed by atoms with van der Waals surface area (Å²) in [5.41, 5.74) is 0. The van der Waals surface area contributed by atoms with Crippen molar-refractivity contribution in [3.05, 3.63) is 29.3 Å². The molecule has 1 aromatic rings. The lowest BCUT2D eigenvalue weighted by atomic mass is 10.2. The van der Waals surface area contributed by atoms with Gasteiger partial charge in [-0.2, -0.15) is 13.2 Å². The third-order valence-corrected chi connectivity index (χ3v) is 3.37. The van der Waals surface area contributed by atoms with Crippen molar-refractivity contribution in [2.24, 2.45) is 0 Å². The molecule has 0 aromatic heterocycles. The lowest BCUT2D eigenvalue weighted by Gasteiger charge is -2.11. The Balaban J connectivity index is 2.31. The Labute approximate surface area is 107 Å². The van der Waals surface area contributed by atoms with E-state index in [1.807, 2.05) is 0 Å². The monoisotopic (exact) mass is 284 g/mol. The summed E-state index contributed by atoms with van der Waals surface area (Å²) in [5, 5.41) is 9.96. The summed E-state index contributed by atoms with van der Waals surface area (Å²) >= 11 is 7.05. The zero-order chi connectivity index (χ0) is 12.9. The molecule has 0 amide bonds. The van der Waals surface area contributed by atoms with Crippen molar-refractivity contribution >= 4 is 23.4 Å². The van der Waals surface area contributed by atoms with Gasteiger partial charge in [-0.15, -0.1) is 11.8 Å². The van der Waals surface area contributed by atoms with E-state index in [0.717, 1.165) is 4.90 Å². The lowest BCUT2D eigenvalue weighted by molar-refractivity contribution is -0.139. The van der Waals surface area contributed by atoms with Gasteiger partial charge in [-0.1, -0.05) is 17.7 Å². The maximum absolute atomic E-state index is 11.9. The largest absolute Gasteiger partial charge is 0.392 e. The minimum absolute atomic E-state index is 0.233. The smallest absolute Gasteiger partial charge is 0.389 e. The number of benzene rings is 1. The van der Waals surface area contributed by atoms with Crippen LogP contribution in [-0.4, -0.2) is 23.1 Å². The predicted octanol–water partition coefficient (Wildman–Crippen LogP) is 4.14. The van der Waals surface area contributed by atoms with Crippen LogP contribution in [0, 0.1) is 0 Å². The SMILES string of the molecule is OC(CCC(F)(F)F)CSc1cccc(Cl)c1. The summed E-state index contributed by atoms with van der Waals surface area (Å²) in [6.45, 7) is 0. The van der Waals surface area contributed by atoms with Crippen molar-refractivity contribution in [1.82, 2.24) is 0 Å².